The molecule has 0 unspecified atom stereocenters. The van der Waals surface area contributed by atoms with E-state index in [1.165, 1.54) is 6.26 Å². The zero-order valence-electron chi connectivity index (χ0n) is 11.5. The summed E-state index contributed by atoms with van der Waals surface area (Å²) in [5.74, 6) is -0.0646. The van der Waals surface area contributed by atoms with Gasteiger partial charge in [0.15, 0.2) is 5.78 Å². The summed E-state index contributed by atoms with van der Waals surface area (Å²) in [6.45, 7) is 4.53. The predicted octanol–water partition coefficient (Wildman–Crippen LogP) is 4.14. The molecule has 1 N–H and O–H groups in total. The van der Waals surface area contributed by atoms with Crippen LogP contribution in [-0.2, 0) is 4.74 Å². The van der Waals surface area contributed by atoms with Gasteiger partial charge in [-0.2, -0.15) is 0 Å². The van der Waals surface area contributed by atoms with Crippen LogP contribution in [0, 0.1) is 0 Å². The van der Waals surface area contributed by atoms with Crippen LogP contribution in [0.3, 0.4) is 0 Å². The highest BCUT2D eigenvalue weighted by Gasteiger charge is 2.14. The Hall–Kier alpha value is -2.26. The summed E-state index contributed by atoms with van der Waals surface area (Å²) < 4.78 is 5.05. The number of rotatable bonds is 7. The topological polar surface area (TPSA) is 38.3 Å². The Morgan fingerprint density at radius 1 is 1.24 bits per heavy atom. The lowest BCUT2D eigenvalue weighted by Gasteiger charge is -2.12. The van der Waals surface area contributed by atoms with Gasteiger partial charge in [-0.25, -0.2) is 0 Å². The van der Waals surface area contributed by atoms with Gasteiger partial charge in [0, 0.05) is 28.4 Å². The number of carbonyl (C=O) groups excluding carboxylic acids is 1. The van der Waals surface area contributed by atoms with Gasteiger partial charge >= 0.3 is 0 Å². The summed E-state index contributed by atoms with van der Waals surface area (Å²) in [4.78, 5) is 12.6. The smallest absolute Gasteiger partial charge is 0.195 e. The maximum absolute atomic E-state index is 12.6. The van der Waals surface area contributed by atoms with Crippen molar-refractivity contribution in [2.24, 2.45) is 0 Å². The molecule has 2 aromatic carbocycles. The number of carbonyl (C=O) groups is 1. The molecule has 3 nitrogen and oxygen atoms in total. The highest BCUT2D eigenvalue weighted by molar-refractivity contribution is 6.31. The second-order valence-corrected chi connectivity index (χ2v) is 4.79. The van der Waals surface area contributed by atoms with E-state index in [1.807, 2.05) is 18.2 Å². The van der Waals surface area contributed by atoms with Crippen molar-refractivity contribution >= 4 is 23.1 Å². The average molecular weight is 302 g/mol. The second-order valence-electron chi connectivity index (χ2n) is 4.35. The van der Waals surface area contributed by atoms with Gasteiger partial charge < -0.3 is 10.1 Å². The lowest BCUT2D eigenvalue weighted by atomic mass is 10.0. The Balaban J connectivity index is 2.22. The van der Waals surface area contributed by atoms with Gasteiger partial charge in [-0.05, 0) is 18.2 Å². The molecule has 0 aliphatic heterocycles. The molecule has 2 rings (SSSR count). The van der Waals surface area contributed by atoms with Crippen molar-refractivity contribution in [2.45, 2.75) is 0 Å². The quantitative estimate of drug-likeness (QED) is 0.474. The zero-order chi connectivity index (χ0) is 15.1. The van der Waals surface area contributed by atoms with Gasteiger partial charge in [0.05, 0.1) is 6.26 Å². The third-order valence-electron chi connectivity index (χ3n) is 2.92. The predicted molar refractivity (Wildman–Crippen MR) is 86.0 cm³/mol. The number of hydrogen-bond acceptors (Lipinski definition) is 3. The number of anilines is 1. The highest BCUT2D eigenvalue weighted by Crippen LogP contribution is 2.23. The van der Waals surface area contributed by atoms with Crippen LogP contribution >= 0.6 is 11.6 Å². The van der Waals surface area contributed by atoms with E-state index in [0.717, 1.165) is 5.69 Å². The van der Waals surface area contributed by atoms with Crippen molar-refractivity contribution in [1.82, 2.24) is 0 Å². The van der Waals surface area contributed by atoms with E-state index in [1.54, 1.807) is 30.3 Å². The molecule has 0 amide bonds. The van der Waals surface area contributed by atoms with E-state index < -0.39 is 0 Å². The summed E-state index contributed by atoms with van der Waals surface area (Å²) in [5.41, 5.74) is 1.92. The maximum Gasteiger partial charge on any atom is 0.195 e. The first-order valence-electron chi connectivity index (χ1n) is 6.58. The first-order valence-corrected chi connectivity index (χ1v) is 6.96. The molecule has 0 fully saturated rings. The van der Waals surface area contributed by atoms with Crippen LogP contribution in [-0.4, -0.2) is 18.9 Å². The lowest BCUT2D eigenvalue weighted by Crippen LogP contribution is -2.12. The van der Waals surface area contributed by atoms with Crippen molar-refractivity contribution in [3.05, 3.63) is 77.5 Å². The molecule has 0 saturated carbocycles. The molecular formula is C17H16ClNO2. The third-order valence-corrected chi connectivity index (χ3v) is 3.15. The van der Waals surface area contributed by atoms with Gasteiger partial charge in [0.1, 0.15) is 6.61 Å². The molecule has 0 aliphatic rings. The first kappa shape index (κ1) is 15.1. The molecule has 0 saturated heterocycles. The van der Waals surface area contributed by atoms with Gasteiger partial charge in [0.25, 0.3) is 0 Å². The van der Waals surface area contributed by atoms with Gasteiger partial charge in [-0.15, -0.1) is 0 Å². The molecule has 4 heteroatoms. The Bertz CT molecular complexity index is 626. The van der Waals surface area contributed by atoms with Crippen LogP contribution in [0.25, 0.3) is 0 Å². The minimum absolute atomic E-state index is 0.0646. The van der Waals surface area contributed by atoms with Crippen LogP contribution in [0.2, 0.25) is 5.02 Å². The minimum atomic E-state index is -0.0646. The summed E-state index contributed by atoms with van der Waals surface area (Å²) in [6, 6.07) is 14.3. The number of ketones is 1. The number of benzene rings is 2. The normalized spacial score (nSPS) is 9.95. The number of hydrogen-bond donors (Lipinski definition) is 1. The molecule has 0 radical (unpaired) electrons. The summed E-state index contributed by atoms with van der Waals surface area (Å²) in [7, 11) is 0. The first-order chi connectivity index (χ1) is 10.2. The third kappa shape index (κ3) is 4.10. The van der Waals surface area contributed by atoms with Crippen molar-refractivity contribution in [1.29, 1.82) is 0 Å². The van der Waals surface area contributed by atoms with E-state index >= 15 is 0 Å². The fourth-order valence-electron chi connectivity index (χ4n) is 1.93. The van der Waals surface area contributed by atoms with Crippen molar-refractivity contribution in [3.63, 3.8) is 0 Å². The molecule has 21 heavy (non-hydrogen) atoms. The fourth-order valence-corrected chi connectivity index (χ4v) is 2.10. The van der Waals surface area contributed by atoms with E-state index in [2.05, 4.69) is 11.9 Å². The second kappa shape index (κ2) is 7.50. The van der Waals surface area contributed by atoms with Crippen LogP contribution < -0.4 is 5.32 Å². The van der Waals surface area contributed by atoms with Crippen molar-refractivity contribution < 1.29 is 9.53 Å². The van der Waals surface area contributed by atoms with E-state index in [9.17, 15) is 4.79 Å². The highest BCUT2D eigenvalue weighted by atomic mass is 35.5. The zero-order valence-corrected chi connectivity index (χ0v) is 12.3. The molecule has 0 atom stereocenters. The molecule has 108 valence electrons. The van der Waals surface area contributed by atoms with E-state index in [-0.39, 0.29) is 5.78 Å². The van der Waals surface area contributed by atoms with Gasteiger partial charge in [0.2, 0.25) is 0 Å². The van der Waals surface area contributed by atoms with Crippen LogP contribution in [0.15, 0.2) is 61.4 Å². The average Bonchev–Trinajstić information content (AvgIpc) is 2.53. The van der Waals surface area contributed by atoms with E-state index in [0.29, 0.717) is 29.3 Å². The minimum Gasteiger partial charge on any atom is -0.500 e. The van der Waals surface area contributed by atoms with Crippen LogP contribution in [0.4, 0.5) is 5.69 Å². The Morgan fingerprint density at radius 3 is 2.71 bits per heavy atom. The fraction of sp³-hybridized carbons (Fsp3) is 0.118. The molecular weight excluding hydrogens is 286 g/mol. The van der Waals surface area contributed by atoms with Crippen molar-refractivity contribution in [2.75, 3.05) is 18.5 Å². The SMILES string of the molecule is C=COCCNc1ccc(Cl)cc1C(=O)c1ccccc1. The molecule has 0 spiro atoms. The Morgan fingerprint density at radius 2 is 2.00 bits per heavy atom. The van der Waals surface area contributed by atoms with Gasteiger partial charge in [-0.1, -0.05) is 48.5 Å². The largest absolute Gasteiger partial charge is 0.500 e. The molecule has 2 aromatic rings. The van der Waals surface area contributed by atoms with Gasteiger partial charge in [-0.3, -0.25) is 4.79 Å². The molecule has 0 aliphatic carbocycles. The van der Waals surface area contributed by atoms with Crippen molar-refractivity contribution in [3.8, 4) is 0 Å². The number of ether oxygens (including phenoxy) is 1. The Kier molecular flexibility index (Phi) is 5.41. The number of nitrogens with one attached hydrogen (secondary N) is 1. The van der Waals surface area contributed by atoms with Crippen LogP contribution in [0.5, 0.6) is 0 Å². The maximum atomic E-state index is 12.6. The van der Waals surface area contributed by atoms with E-state index in [4.69, 9.17) is 16.3 Å². The number of halogens is 1. The molecule has 0 bridgehead atoms. The van der Waals surface area contributed by atoms with Crippen LogP contribution in [0.1, 0.15) is 15.9 Å². The Labute approximate surface area is 129 Å². The standard InChI is InChI=1S/C17H16ClNO2/c1-2-21-11-10-19-16-9-8-14(18)12-15(16)17(20)13-6-4-3-5-7-13/h2-9,12,19H,1,10-11H2. The monoisotopic (exact) mass is 301 g/mol. The molecule has 0 heterocycles. The molecule has 0 aromatic heterocycles. The summed E-state index contributed by atoms with van der Waals surface area (Å²) in [6.07, 6.45) is 1.39. The summed E-state index contributed by atoms with van der Waals surface area (Å²) in [5, 5.41) is 3.70. The lowest BCUT2D eigenvalue weighted by molar-refractivity contribution is 0.103. The summed E-state index contributed by atoms with van der Waals surface area (Å²) >= 11 is 6.01.